The standard InChI is InChI=1S/C21H18ClF2N5O2/c22-16-6-12(10-26-21(16)31-13(8-23)9-24)17-7-18(28-27-17)14-2-1-3-19-15(14)4-5-29(19)11-20(25)30/h1-7,10,13H,8-9,11H2,(H2,25,30)(H,27,28). The van der Waals surface area contributed by atoms with Crippen LogP contribution in [0.3, 0.4) is 0 Å². The molecule has 3 heterocycles. The second kappa shape index (κ2) is 8.73. The van der Waals surface area contributed by atoms with Gasteiger partial charge in [0.1, 0.15) is 24.9 Å². The van der Waals surface area contributed by atoms with Crippen LogP contribution in [0.25, 0.3) is 33.4 Å². The van der Waals surface area contributed by atoms with Gasteiger partial charge < -0.3 is 15.0 Å². The summed E-state index contributed by atoms with van der Waals surface area (Å²) in [6.07, 6.45) is 2.04. The highest BCUT2D eigenvalue weighted by atomic mass is 35.5. The van der Waals surface area contributed by atoms with Crippen LogP contribution in [0.1, 0.15) is 0 Å². The molecule has 160 valence electrons. The van der Waals surface area contributed by atoms with Crippen molar-refractivity contribution in [3.8, 4) is 28.4 Å². The maximum atomic E-state index is 12.7. The van der Waals surface area contributed by atoms with Crippen molar-refractivity contribution in [2.45, 2.75) is 12.6 Å². The lowest BCUT2D eigenvalue weighted by molar-refractivity contribution is -0.118. The second-order valence-corrected chi connectivity index (χ2v) is 7.28. The van der Waals surface area contributed by atoms with Crippen molar-refractivity contribution in [1.82, 2.24) is 19.7 Å². The van der Waals surface area contributed by atoms with Gasteiger partial charge in [-0.3, -0.25) is 9.89 Å². The molecule has 0 atom stereocenters. The number of alkyl halides is 2. The Hall–Kier alpha value is -3.46. The Bertz CT molecular complexity index is 1240. The first-order chi connectivity index (χ1) is 15.0. The highest BCUT2D eigenvalue weighted by Gasteiger charge is 2.16. The number of carbonyl (C=O) groups is 1. The van der Waals surface area contributed by atoms with Gasteiger partial charge in [0.15, 0.2) is 6.10 Å². The van der Waals surface area contributed by atoms with E-state index < -0.39 is 25.4 Å². The molecule has 0 radical (unpaired) electrons. The molecule has 3 N–H and O–H groups in total. The zero-order valence-electron chi connectivity index (χ0n) is 16.2. The largest absolute Gasteiger partial charge is 0.468 e. The number of aromatic amines is 1. The molecule has 7 nitrogen and oxygen atoms in total. The van der Waals surface area contributed by atoms with Gasteiger partial charge in [-0.05, 0) is 24.3 Å². The zero-order valence-corrected chi connectivity index (χ0v) is 16.9. The monoisotopic (exact) mass is 445 g/mol. The Labute approximate surface area is 180 Å². The third-order valence-corrected chi connectivity index (χ3v) is 5.00. The molecule has 4 rings (SSSR count). The van der Waals surface area contributed by atoms with Crippen LogP contribution in [-0.2, 0) is 11.3 Å². The van der Waals surface area contributed by atoms with Crippen LogP contribution >= 0.6 is 11.6 Å². The van der Waals surface area contributed by atoms with Crippen LogP contribution in [0.15, 0.2) is 48.8 Å². The van der Waals surface area contributed by atoms with Crippen molar-refractivity contribution < 1.29 is 18.3 Å². The lowest BCUT2D eigenvalue weighted by Crippen LogP contribution is -2.21. The Morgan fingerprint density at radius 1 is 1.26 bits per heavy atom. The minimum Gasteiger partial charge on any atom is -0.468 e. The summed E-state index contributed by atoms with van der Waals surface area (Å²) in [5.41, 5.74) is 9.02. The highest BCUT2D eigenvalue weighted by molar-refractivity contribution is 6.32. The number of amides is 1. The first-order valence-corrected chi connectivity index (χ1v) is 9.74. The molecule has 0 aliphatic carbocycles. The topological polar surface area (TPSA) is 98.8 Å². The normalized spacial score (nSPS) is 11.4. The molecule has 0 aliphatic rings. The van der Waals surface area contributed by atoms with Crippen molar-refractivity contribution in [1.29, 1.82) is 0 Å². The Morgan fingerprint density at radius 3 is 2.77 bits per heavy atom. The van der Waals surface area contributed by atoms with Crippen LogP contribution in [-0.4, -0.2) is 45.1 Å². The molecule has 0 fully saturated rings. The Balaban J connectivity index is 1.64. The maximum Gasteiger partial charge on any atom is 0.237 e. The number of nitrogens with one attached hydrogen (secondary N) is 1. The summed E-state index contributed by atoms with van der Waals surface area (Å²) in [4.78, 5) is 15.4. The summed E-state index contributed by atoms with van der Waals surface area (Å²) < 4.78 is 32.3. The Morgan fingerprint density at radius 2 is 2.06 bits per heavy atom. The molecule has 1 aromatic carbocycles. The first-order valence-electron chi connectivity index (χ1n) is 9.36. The van der Waals surface area contributed by atoms with E-state index in [1.165, 1.54) is 6.20 Å². The van der Waals surface area contributed by atoms with Crippen molar-refractivity contribution in [2.24, 2.45) is 5.73 Å². The molecule has 0 saturated carbocycles. The minimum absolute atomic E-state index is 0.0398. The van der Waals surface area contributed by atoms with Gasteiger partial charge in [-0.25, -0.2) is 13.8 Å². The van der Waals surface area contributed by atoms with Gasteiger partial charge in [-0.15, -0.1) is 0 Å². The third-order valence-electron chi connectivity index (χ3n) is 4.73. The quantitative estimate of drug-likeness (QED) is 0.429. The fraction of sp³-hybridized carbons (Fsp3) is 0.190. The van der Waals surface area contributed by atoms with E-state index in [-0.39, 0.29) is 17.4 Å². The molecule has 10 heteroatoms. The number of primary amides is 1. The van der Waals surface area contributed by atoms with Gasteiger partial charge in [0, 0.05) is 34.4 Å². The fourth-order valence-electron chi connectivity index (χ4n) is 3.29. The number of H-pyrrole nitrogens is 1. The van der Waals surface area contributed by atoms with E-state index in [1.54, 1.807) is 16.8 Å². The van der Waals surface area contributed by atoms with Crippen molar-refractivity contribution in [3.05, 3.63) is 53.8 Å². The molecule has 4 aromatic rings. The minimum atomic E-state index is -1.24. The molecular formula is C21H18ClF2N5O2. The SMILES string of the molecule is NC(=O)Cn1ccc2c(-c3cc(-c4cnc(OC(CF)CF)c(Cl)c4)n[nH]3)cccc21. The lowest BCUT2D eigenvalue weighted by atomic mass is 10.1. The number of carbonyl (C=O) groups excluding carboxylic acids is 1. The highest BCUT2D eigenvalue weighted by Crippen LogP contribution is 2.32. The number of nitrogens with two attached hydrogens (primary N) is 1. The van der Waals surface area contributed by atoms with E-state index in [0.717, 1.165) is 22.2 Å². The molecule has 0 aliphatic heterocycles. The van der Waals surface area contributed by atoms with Crippen LogP contribution in [0, 0.1) is 0 Å². The molecule has 0 saturated heterocycles. The molecule has 31 heavy (non-hydrogen) atoms. The van der Waals surface area contributed by atoms with Crippen LogP contribution in [0.5, 0.6) is 5.88 Å². The number of halogens is 3. The average Bonchev–Trinajstić information content (AvgIpc) is 3.40. The Kier molecular flexibility index (Phi) is 5.85. The fourth-order valence-corrected chi connectivity index (χ4v) is 3.50. The predicted molar refractivity (Wildman–Crippen MR) is 113 cm³/mol. The number of ether oxygens (including phenoxy) is 1. The van der Waals surface area contributed by atoms with E-state index in [0.29, 0.717) is 11.3 Å². The molecular weight excluding hydrogens is 428 g/mol. The van der Waals surface area contributed by atoms with E-state index >= 15 is 0 Å². The van der Waals surface area contributed by atoms with Crippen LogP contribution < -0.4 is 10.5 Å². The van der Waals surface area contributed by atoms with Gasteiger partial charge in [0.25, 0.3) is 0 Å². The second-order valence-electron chi connectivity index (χ2n) is 6.87. The number of fused-ring (bicyclic) bond motifs is 1. The van der Waals surface area contributed by atoms with Crippen LogP contribution in [0.2, 0.25) is 5.02 Å². The van der Waals surface area contributed by atoms with Crippen molar-refractivity contribution >= 4 is 28.4 Å². The summed E-state index contributed by atoms with van der Waals surface area (Å²) in [5, 5.41) is 8.38. The summed E-state index contributed by atoms with van der Waals surface area (Å²) in [6.45, 7) is -1.87. The number of rotatable bonds is 8. The van der Waals surface area contributed by atoms with Crippen LogP contribution in [0.4, 0.5) is 8.78 Å². The van der Waals surface area contributed by atoms with Crippen molar-refractivity contribution in [3.63, 3.8) is 0 Å². The molecule has 0 unspecified atom stereocenters. The number of hydrogen-bond donors (Lipinski definition) is 2. The summed E-state index contributed by atoms with van der Waals surface area (Å²) in [7, 11) is 0. The molecule has 0 spiro atoms. The van der Waals surface area contributed by atoms with E-state index in [9.17, 15) is 13.6 Å². The number of hydrogen-bond acceptors (Lipinski definition) is 4. The number of pyridine rings is 1. The zero-order chi connectivity index (χ0) is 22.0. The van der Waals surface area contributed by atoms with Gasteiger partial charge in [0.05, 0.1) is 11.4 Å². The molecule has 1 amide bonds. The first kappa shape index (κ1) is 20.8. The van der Waals surface area contributed by atoms with Gasteiger partial charge in [-0.2, -0.15) is 5.10 Å². The van der Waals surface area contributed by atoms with Gasteiger partial charge >= 0.3 is 0 Å². The van der Waals surface area contributed by atoms with Gasteiger partial charge in [0.2, 0.25) is 11.8 Å². The number of nitrogens with zero attached hydrogens (tertiary/aromatic N) is 3. The molecule has 3 aromatic heterocycles. The summed E-state index contributed by atoms with van der Waals surface area (Å²) in [6, 6.07) is 11.0. The van der Waals surface area contributed by atoms with Crippen molar-refractivity contribution in [2.75, 3.05) is 13.3 Å². The summed E-state index contributed by atoms with van der Waals surface area (Å²) >= 11 is 6.17. The average molecular weight is 446 g/mol. The van der Waals surface area contributed by atoms with E-state index in [2.05, 4.69) is 15.2 Å². The third kappa shape index (κ3) is 4.22. The van der Waals surface area contributed by atoms with Gasteiger partial charge in [-0.1, -0.05) is 23.7 Å². The smallest absolute Gasteiger partial charge is 0.237 e. The van der Waals surface area contributed by atoms with E-state index in [4.69, 9.17) is 22.1 Å². The number of benzene rings is 1. The summed E-state index contributed by atoms with van der Waals surface area (Å²) in [5.74, 6) is -0.463. The number of aromatic nitrogens is 4. The maximum absolute atomic E-state index is 12.7. The van der Waals surface area contributed by atoms with E-state index in [1.807, 2.05) is 30.3 Å². The predicted octanol–water partition coefficient (Wildman–Crippen LogP) is 3.92. The lowest BCUT2D eigenvalue weighted by Gasteiger charge is -2.12. The molecule has 0 bridgehead atoms.